The quantitative estimate of drug-likeness (QED) is 0.686. The van der Waals surface area contributed by atoms with Crippen molar-refractivity contribution in [3.63, 3.8) is 0 Å². The smallest absolute Gasteiger partial charge is 0.316 e. The van der Waals surface area contributed by atoms with E-state index in [1.807, 2.05) is 20.8 Å². The van der Waals surface area contributed by atoms with Crippen LogP contribution in [0.25, 0.3) is 0 Å². The Hall–Kier alpha value is -1.51. The summed E-state index contributed by atoms with van der Waals surface area (Å²) in [4.78, 5) is 11.6. The largest absolute Gasteiger partial charge is 0.459 e. The van der Waals surface area contributed by atoms with Gasteiger partial charge < -0.3 is 10.5 Å². The van der Waals surface area contributed by atoms with Gasteiger partial charge in [-0.3, -0.25) is 4.79 Å². The van der Waals surface area contributed by atoms with Gasteiger partial charge in [0.2, 0.25) is 0 Å². The Morgan fingerprint density at radius 3 is 2.76 bits per heavy atom. The van der Waals surface area contributed by atoms with Crippen molar-refractivity contribution in [1.29, 1.82) is 0 Å². The lowest BCUT2D eigenvalue weighted by atomic mass is 10.1. The van der Waals surface area contributed by atoms with E-state index in [0.717, 1.165) is 5.56 Å². The van der Waals surface area contributed by atoms with Crippen LogP contribution in [0.1, 0.15) is 31.9 Å². The normalized spacial score (nSPS) is 10.7. The molecular formula is C16H20FNO2S. The summed E-state index contributed by atoms with van der Waals surface area (Å²) in [6.45, 7) is 5.69. The van der Waals surface area contributed by atoms with Crippen molar-refractivity contribution in [2.45, 2.75) is 32.1 Å². The number of ether oxygens (including phenoxy) is 1. The predicted octanol–water partition coefficient (Wildman–Crippen LogP) is 2.71. The summed E-state index contributed by atoms with van der Waals surface area (Å²) >= 11 is 1.42. The van der Waals surface area contributed by atoms with Crippen LogP contribution in [-0.2, 0) is 15.3 Å². The molecule has 1 aromatic rings. The first-order valence-electron chi connectivity index (χ1n) is 6.59. The fourth-order valence-electron chi connectivity index (χ4n) is 1.53. The second kappa shape index (κ2) is 8.06. The summed E-state index contributed by atoms with van der Waals surface area (Å²) in [7, 11) is 0. The van der Waals surface area contributed by atoms with Crippen molar-refractivity contribution in [3.8, 4) is 11.8 Å². The molecule has 0 fully saturated rings. The topological polar surface area (TPSA) is 52.3 Å². The molecule has 0 aliphatic carbocycles. The average Bonchev–Trinajstić information content (AvgIpc) is 2.37. The minimum Gasteiger partial charge on any atom is -0.459 e. The highest BCUT2D eigenvalue weighted by Gasteiger charge is 2.15. The first-order chi connectivity index (χ1) is 9.81. The predicted molar refractivity (Wildman–Crippen MR) is 84.3 cm³/mol. The molecule has 0 spiro atoms. The Kier molecular flexibility index (Phi) is 6.73. The van der Waals surface area contributed by atoms with Crippen molar-refractivity contribution in [3.05, 3.63) is 35.1 Å². The number of rotatable bonds is 4. The summed E-state index contributed by atoms with van der Waals surface area (Å²) in [6, 6.07) is 4.75. The van der Waals surface area contributed by atoms with E-state index in [1.54, 1.807) is 12.1 Å². The number of hydrogen-bond donors (Lipinski definition) is 1. The zero-order valence-electron chi connectivity index (χ0n) is 12.5. The van der Waals surface area contributed by atoms with E-state index in [0.29, 0.717) is 11.3 Å². The molecule has 0 saturated heterocycles. The van der Waals surface area contributed by atoms with Gasteiger partial charge in [0.05, 0.1) is 17.9 Å². The van der Waals surface area contributed by atoms with Crippen LogP contribution in [0.4, 0.5) is 4.39 Å². The average molecular weight is 309 g/mol. The van der Waals surface area contributed by atoms with Crippen molar-refractivity contribution >= 4 is 17.7 Å². The molecule has 0 aliphatic rings. The third-order valence-corrected chi connectivity index (χ3v) is 3.24. The Morgan fingerprint density at radius 1 is 1.43 bits per heavy atom. The molecule has 1 aromatic carbocycles. The van der Waals surface area contributed by atoms with E-state index in [-0.39, 0.29) is 24.1 Å². The van der Waals surface area contributed by atoms with Crippen molar-refractivity contribution in [1.82, 2.24) is 0 Å². The fraction of sp³-hybridized carbons (Fsp3) is 0.438. The monoisotopic (exact) mass is 309 g/mol. The van der Waals surface area contributed by atoms with Crippen molar-refractivity contribution in [2.24, 2.45) is 5.73 Å². The van der Waals surface area contributed by atoms with Crippen LogP contribution in [0.5, 0.6) is 0 Å². The Bertz CT molecular complexity index is 556. The van der Waals surface area contributed by atoms with E-state index in [1.165, 1.54) is 17.8 Å². The molecule has 0 heterocycles. The van der Waals surface area contributed by atoms with Gasteiger partial charge >= 0.3 is 5.97 Å². The lowest BCUT2D eigenvalue weighted by molar-refractivity contribution is -0.151. The summed E-state index contributed by atoms with van der Waals surface area (Å²) in [6.07, 6.45) is 0. The van der Waals surface area contributed by atoms with Crippen LogP contribution < -0.4 is 5.73 Å². The van der Waals surface area contributed by atoms with Crippen molar-refractivity contribution in [2.75, 3.05) is 12.3 Å². The van der Waals surface area contributed by atoms with Crippen LogP contribution in [0, 0.1) is 17.7 Å². The number of esters is 1. The number of carbonyl (C=O) groups excluding carboxylic acids is 1. The molecule has 2 N–H and O–H groups in total. The maximum absolute atomic E-state index is 13.5. The Labute approximate surface area is 129 Å². The van der Waals surface area contributed by atoms with Crippen LogP contribution in [0.3, 0.4) is 0 Å². The zero-order valence-corrected chi connectivity index (χ0v) is 13.3. The fourth-order valence-corrected chi connectivity index (χ4v) is 2.27. The van der Waals surface area contributed by atoms with Crippen molar-refractivity contribution < 1.29 is 13.9 Å². The number of hydrogen-bond acceptors (Lipinski definition) is 4. The highest BCUT2D eigenvalue weighted by molar-refractivity contribution is 7.99. The van der Waals surface area contributed by atoms with Crippen LogP contribution in [0.2, 0.25) is 0 Å². The van der Waals surface area contributed by atoms with Crippen LogP contribution >= 0.6 is 11.8 Å². The third-order valence-electron chi connectivity index (χ3n) is 2.26. The van der Waals surface area contributed by atoms with Crippen LogP contribution in [-0.4, -0.2) is 23.9 Å². The molecule has 114 valence electrons. The molecule has 3 nitrogen and oxygen atoms in total. The first-order valence-corrected chi connectivity index (χ1v) is 7.74. The minimum absolute atomic E-state index is 0.192. The number of thioether (sulfide) groups is 1. The molecule has 0 bridgehead atoms. The zero-order chi connectivity index (χ0) is 15.9. The minimum atomic E-state index is -0.474. The number of halogens is 1. The standard InChI is InChI=1S/C16H20FNO2S/c1-16(2,3)20-15(19)11-21-10-12-6-7-14(17)13(9-12)5-4-8-18/h6-7,9H,8,10-11,18H2,1-3H3. The lowest BCUT2D eigenvalue weighted by Gasteiger charge is -2.19. The van der Waals surface area contributed by atoms with Gasteiger partial charge in [-0.1, -0.05) is 17.9 Å². The summed E-state index contributed by atoms with van der Waals surface area (Å²) < 4.78 is 18.7. The Balaban J connectivity index is 2.55. The molecular weight excluding hydrogens is 289 g/mol. The molecule has 0 radical (unpaired) electrons. The van der Waals surface area contributed by atoms with Crippen LogP contribution in [0.15, 0.2) is 18.2 Å². The molecule has 1 rings (SSSR count). The molecule has 0 atom stereocenters. The van der Waals surface area contributed by atoms with E-state index >= 15 is 0 Å². The second-order valence-corrected chi connectivity index (χ2v) is 6.38. The van der Waals surface area contributed by atoms with Gasteiger partial charge in [0.25, 0.3) is 0 Å². The molecule has 0 aliphatic heterocycles. The molecule has 21 heavy (non-hydrogen) atoms. The second-order valence-electron chi connectivity index (χ2n) is 5.40. The van der Waals surface area contributed by atoms with Gasteiger partial charge in [0, 0.05) is 5.75 Å². The molecule has 0 unspecified atom stereocenters. The van der Waals surface area contributed by atoms with Gasteiger partial charge in [-0.25, -0.2) is 4.39 Å². The summed E-state index contributed by atoms with van der Waals surface area (Å²) in [5, 5.41) is 0. The van der Waals surface area contributed by atoms with Gasteiger partial charge in [0.1, 0.15) is 11.4 Å². The Morgan fingerprint density at radius 2 is 2.14 bits per heavy atom. The van der Waals surface area contributed by atoms with E-state index < -0.39 is 5.60 Å². The molecule has 0 aromatic heterocycles. The van der Waals surface area contributed by atoms with Gasteiger partial charge in [-0.2, -0.15) is 0 Å². The summed E-state index contributed by atoms with van der Waals surface area (Å²) in [5.41, 5.74) is 6.04. The number of carbonyl (C=O) groups is 1. The van der Waals surface area contributed by atoms with E-state index in [2.05, 4.69) is 11.8 Å². The van der Waals surface area contributed by atoms with Gasteiger partial charge in [0.15, 0.2) is 0 Å². The molecule has 5 heteroatoms. The maximum Gasteiger partial charge on any atom is 0.316 e. The highest BCUT2D eigenvalue weighted by atomic mass is 32.2. The SMILES string of the molecule is CC(C)(C)OC(=O)CSCc1ccc(F)c(C#CCN)c1. The maximum atomic E-state index is 13.5. The van der Waals surface area contributed by atoms with E-state index in [9.17, 15) is 9.18 Å². The third kappa shape index (κ3) is 7.16. The van der Waals surface area contributed by atoms with E-state index in [4.69, 9.17) is 10.5 Å². The molecule has 0 amide bonds. The van der Waals surface area contributed by atoms with Gasteiger partial charge in [-0.05, 0) is 38.5 Å². The molecule has 0 saturated carbocycles. The summed E-state index contributed by atoms with van der Waals surface area (Å²) in [5.74, 6) is 5.56. The highest BCUT2D eigenvalue weighted by Crippen LogP contribution is 2.17. The van der Waals surface area contributed by atoms with Gasteiger partial charge in [-0.15, -0.1) is 11.8 Å². The number of nitrogens with two attached hydrogens (primary N) is 1. The number of benzene rings is 1. The lowest BCUT2D eigenvalue weighted by Crippen LogP contribution is -2.24. The first kappa shape index (κ1) is 17.5.